The van der Waals surface area contributed by atoms with Crippen LogP contribution < -0.4 is 20.1 Å². The van der Waals surface area contributed by atoms with E-state index in [2.05, 4.69) is 17.6 Å². The van der Waals surface area contributed by atoms with Crippen LogP contribution in [0.4, 0.5) is 4.79 Å². The number of rotatable bonds is 6. The van der Waals surface area contributed by atoms with E-state index in [1.54, 1.807) is 6.07 Å². The lowest BCUT2D eigenvalue weighted by Gasteiger charge is -2.29. The topological polar surface area (TPSA) is 103 Å². The van der Waals surface area contributed by atoms with Gasteiger partial charge in [0.05, 0.1) is 0 Å². The van der Waals surface area contributed by atoms with Crippen molar-refractivity contribution >= 4 is 17.9 Å². The Morgan fingerprint density at radius 2 is 1.93 bits per heavy atom. The van der Waals surface area contributed by atoms with Crippen molar-refractivity contribution < 1.29 is 28.6 Å². The predicted molar refractivity (Wildman–Crippen MR) is 109 cm³/mol. The summed E-state index contributed by atoms with van der Waals surface area (Å²) in [6.07, 6.45) is 4.94. The Morgan fingerprint density at radius 1 is 1.17 bits per heavy atom. The van der Waals surface area contributed by atoms with Crippen molar-refractivity contribution in [1.29, 1.82) is 0 Å². The minimum absolute atomic E-state index is 0.0577. The fraction of sp³-hybridized carbons (Fsp3) is 0.591. The molecule has 1 aliphatic carbocycles. The van der Waals surface area contributed by atoms with Gasteiger partial charge in [0.25, 0.3) is 5.91 Å². The molecule has 0 saturated heterocycles. The van der Waals surface area contributed by atoms with Gasteiger partial charge in [-0.15, -0.1) is 0 Å². The molecular formula is C22H30N2O6. The molecule has 2 aliphatic rings. The molecule has 0 aromatic heterocycles. The standard InChI is InChI=1S/C22H30N2O6/c1-14-7-4-5-9-16(14)23-21(27)24-18(25)12-29-19(26)13-28-17-10-6-8-15-11-22(2,3)30-20(15)17/h6,8,10,14,16H,4-5,7,9,11-13H2,1-3H3,(H2,23,24,25,27)/t14-,16-/m1/s1. The van der Waals surface area contributed by atoms with Crippen molar-refractivity contribution in [2.75, 3.05) is 13.2 Å². The van der Waals surface area contributed by atoms with Crippen molar-refractivity contribution in [3.8, 4) is 11.5 Å². The van der Waals surface area contributed by atoms with Gasteiger partial charge in [0, 0.05) is 18.0 Å². The van der Waals surface area contributed by atoms with Crippen LogP contribution in [0, 0.1) is 5.92 Å². The molecule has 1 aliphatic heterocycles. The third-order valence-electron chi connectivity index (χ3n) is 5.45. The molecule has 8 nitrogen and oxygen atoms in total. The second kappa shape index (κ2) is 9.36. The third kappa shape index (κ3) is 5.87. The highest BCUT2D eigenvalue weighted by molar-refractivity contribution is 5.95. The van der Waals surface area contributed by atoms with E-state index in [0.29, 0.717) is 17.4 Å². The first-order chi connectivity index (χ1) is 14.2. The molecule has 1 aromatic rings. The van der Waals surface area contributed by atoms with Crippen LogP contribution in [0.25, 0.3) is 0 Å². The number of benzene rings is 1. The maximum Gasteiger partial charge on any atom is 0.344 e. The van der Waals surface area contributed by atoms with Crippen molar-refractivity contribution in [3.05, 3.63) is 23.8 Å². The van der Waals surface area contributed by atoms with Crippen LogP contribution in [0.5, 0.6) is 11.5 Å². The third-order valence-corrected chi connectivity index (χ3v) is 5.45. The fourth-order valence-corrected chi connectivity index (χ4v) is 3.92. The van der Waals surface area contributed by atoms with Crippen molar-refractivity contribution in [3.63, 3.8) is 0 Å². The van der Waals surface area contributed by atoms with E-state index >= 15 is 0 Å². The van der Waals surface area contributed by atoms with E-state index in [-0.39, 0.29) is 18.2 Å². The number of para-hydroxylation sites is 1. The average Bonchev–Trinajstić information content (AvgIpc) is 3.00. The van der Waals surface area contributed by atoms with E-state index in [4.69, 9.17) is 14.2 Å². The smallest absolute Gasteiger partial charge is 0.344 e. The first-order valence-electron chi connectivity index (χ1n) is 10.4. The Balaban J connectivity index is 1.38. The fourth-order valence-electron chi connectivity index (χ4n) is 3.92. The summed E-state index contributed by atoms with van der Waals surface area (Å²) < 4.78 is 16.3. The summed E-state index contributed by atoms with van der Waals surface area (Å²) in [5.41, 5.74) is 0.694. The molecule has 1 aromatic carbocycles. The molecule has 0 spiro atoms. The molecule has 0 radical (unpaired) electrons. The molecule has 164 valence electrons. The van der Waals surface area contributed by atoms with Gasteiger partial charge in [0.2, 0.25) is 0 Å². The molecule has 1 heterocycles. The summed E-state index contributed by atoms with van der Waals surface area (Å²) in [7, 11) is 0. The monoisotopic (exact) mass is 418 g/mol. The number of hydrogen-bond acceptors (Lipinski definition) is 6. The second-order valence-electron chi connectivity index (χ2n) is 8.62. The summed E-state index contributed by atoms with van der Waals surface area (Å²) in [6, 6.07) is 5.01. The van der Waals surface area contributed by atoms with Gasteiger partial charge in [0.15, 0.2) is 24.7 Å². The Morgan fingerprint density at radius 3 is 2.70 bits per heavy atom. The largest absolute Gasteiger partial charge is 0.483 e. The summed E-state index contributed by atoms with van der Waals surface area (Å²) in [6.45, 7) is 5.14. The van der Waals surface area contributed by atoms with Gasteiger partial charge in [-0.25, -0.2) is 9.59 Å². The number of ether oxygens (including phenoxy) is 3. The van der Waals surface area contributed by atoms with Crippen molar-refractivity contribution in [1.82, 2.24) is 10.6 Å². The van der Waals surface area contributed by atoms with Gasteiger partial charge >= 0.3 is 12.0 Å². The van der Waals surface area contributed by atoms with Crippen LogP contribution in [-0.4, -0.2) is 42.8 Å². The lowest BCUT2D eigenvalue weighted by atomic mass is 9.86. The van der Waals surface area contributed by atoms with E-state index in [9.17, 15) is 14.4 Å². The molecule has 0 unspecified atom stereocenters. The summed E-state index contributed by atoms with van der Waals surface area (Å²) in [5.74, 6) is 0.0713. The Kier molecular flexibility index (Phi) is 6.84. The van der Waals surface area contributed by atoms with Gasteiger partial charge in [-0.2, -0.15) is 0 Å². The first-order valence-corrected chi connectivity index (χ1v) is 10.4. The highest BCUT2D eigenvalue weighted by atomic mass is 16.6. The van der Waals surface area contributed by atoms with Crippen molar-refractivity contribution in [2.45, 2.75) is 64.5 Å². The van der Waals surface area contributed by atoms with E-state index in [0.717, 1.165) is 37.7 Å². The molecule has 1 fully saturated rings. The zero-order valence-electron chi connectivity index (χ0n) is 17.8. The lowest BCUT2D eigenvalue weighted by molar-refractivity contribution is -0.150. The lowest BCUT2D eigenvalue weighted by Crippen LogP contribution is -2.48. The van der Waals surface area contributed by atoms with Crippen LogP contribution in [0.3, 0.4) is 0 Å². The number of carbonyl (C=O) groups excluding carboxylic acids is 3. The minimum Gasteiger partial charge on any atom is -0.483 e. The zero-order chi connectivity index (χ0) is 21.7. The number of imide groups is 1. The normalized spacial score (nSPS) is 21.7. The molecule has 2 N–H and O–H groups in total. The molecule has 0 bridgehead atoms. The van der Waals surface area contributed by atoms with E-state index in [1.165, 1.54) is 0 Å². The predicted octanol–water partition coefficient (Wildman–Crippen LogP) is 2.73. The molecule has 30 heavy (non-hydrogen) atoms. The maximum atomic E-state index is 12.0. The Hall–Kier alpha value is -2.77. The van der Waals surface area contributed by atoms with Crippen molar-refractivity contribution in [2.24, 2.45) is 5.92 Å². The van der Waals surface area contributed by atoms with Gasteiger partial charge in [0.1, 0.15) is 5.60 Å². The number of carbonyl (C=O) groups is 3. The summed E-state index contributed by atoms with van der Waals surface area (Å²) in [5, 5.41) is 5.01. The Labute approximate surface area is 176 Å². The molecular weight excluding hydrogens is 388 g/mol. The number of fused-ring (bicyclic) bond motifs is 1. The molecule has 2 atom stereocenters. The average molecular weight is 418 g/mol. The Bertz CT molecular complexity index is 807. The first kappa shape index (κ1) is 21.9. The van der Waals surface area contributed by atoms with E-state index in [1.807, 2.05) is 26.0 Å². The number of amides is 3. The van der Waals surface area contributed by atoms with E-state index < -0.39 is 24.5 Å². The highest BCUT2D eigenvalue weighted by Crippen LogP contribution is 2.41. The summed E-state index contributed by atoms with van der Waals surface area (Å²) in [4.78, 5) is 35.8. The van der Waals surface area contributed by atoms with Gasteiger partial charge in [-0.05, 0) is 38.7 Å². The second-order valence-corrected chi connectivity index (χ2v) is 8.62. The van der Waals surface area contributed by atoms with Crippen LogP contribution in [0.2, 0.25) is 0 Å². The number of urea groups is 1. The van der Waals surface area contributed by atoms with Gasteiger partial charge in [-0.1, -0.05) is 31.9 Å². The van der Waals surface area contributed by atoms with Crippen LogP contribution >= 0.6 is 0 Å². The summed E-state index contributed by atoms with van der Waals surface area (Å²) >= 11 is 0. The quantitative estimate of drug-likeness (QED) is 0.689. The molecule has 3 amide bonds. The molecule has 3 rings (SSSR count). The van der Waals surface area contributed by atoms with Crippen LogP contribution in [0.1, 0.15) is 52.0 Å². The van der Waals surface area contributed by atoms with Gasteiger partial charge in [-0.3, -0.25) is 10.1 Å². The van der Waals surface area contributed by atoms with Crippen LogP contribution in [-0.2, 0) is 20.7 Å². The SMILES string of the molecule is C[C@@H]1CCCC[C@H]1NC(=O)NC(=O)COC(=O)COc1cccc2c1OC(C)(C)C2. The van der Waals surface area contributed by atoms with Crippen LogP contribution in [0.15, 0.2) is 18.2 Å². The highest BCUT2D eigenvalue weighted by Gasteiger charge is 2.32. The zero-order valence-corrected chi connectivity index (χ0v) is 17.8. The molecule has 8 heteroatoms. The number of nitrogens with one attached hydrogen (secondary N) is 2. The maximum absolute atomic E-state index is 12.0. The number of esters is 1. The number of hydrogen-bond donors (Lipinski definition) is 2. The van der Waals surface area contributed by atoms with Gasteiger partial charge < -0.3 is 19.5 Å². The minimum atomic E-state index is -0.707. The molecule has 1 saturated carbocycles.